The maximum atomic E-state index is 11.4. The van der Waals surface area contributed by atoms with Crippen LogP contribution >= 0.6 is 0 Å². The van der Waals surface area contributed by atoms with Crippen LogP contribution < -0.4 is 5.84 Å². The molecule has 2 rings (SSSR count). The Morgan fingerprint density at radius 3 is 2.67 bits per heavy atom. The Morgan fingerprint density at radius 1 is 1.25 bits per heavy atom. The molecule has 0 amide bonds. The molecular formula is C9H12N2O. The second-order valence-corrected chi connectivity index (χ2v) is 3.35. The number of hydrogen-bond donors (Lipinski definition) is 1. The van der Waals surface area contributed by atoms with Gasteiger partial charge in [0, 0.05) is 12.0 Å². The second kappa shape index (κ2) is 2.55. The zero-order valence-corrected chi connectivity index (χ0v) is 6.86. The normalized spacial score (nSPS) is 28.2. The molecule has 0 radical (unpaired) electrons. The van der Waals surface area contributed by atoms with Crippen LogP contribution in [0.2, 0.25) is 0 Å². The van der Waals surface area contributed by atoms with Crippen LogP contribution in [-0.2, 0) is 13.0 Å². The van der Waals surface area contributed by atoms with Crippen molar-refractivity contribution in [2.75, 3.05) is 6.54 Å². The van der Waals surface area contributed by atoms with Crippen molar-refractivity contribution >= 4 is 0 Å². The highest BCUT2D eigenvalue weighted by Crippen LogP contribution is 2.20. The summed E-state index contributed by atoms with van der Waals surface area (Å²) in [7, 11) is 0. The van der Waals surface area contributed by atoms with Crippen LogP contribution in [0.15, 0.2) is 24.3 Å². The van der Waals surface area contributed by atoms with Crippen LogP contribution in [0.3, 0.4) is 0 Å². The molecule has 1 aliphatic heterocycles. The maximum absolute atomic E-state index is 11.4. The first-order valence-electron chi connectivity index (χ1n) is 4.11. The Morgan fingerprint density at radius 2 is 1.92 bits per heavy atom. The van der Waals surface area contributed by atoms with E-state index in [1.54, 1.807) is 0 Å². The fourth-order valence-electron chi connectivity index (χ4n) is 1.63. The van der Waals surface area contributed by atoms with Crippen molar-refractivity contribution in [2.45, 2.75) is 13.0 Å². The number of benzene rings is 1. The number of hydroxylamine groups is 2. The minimum absolute atomic E-state index is 0.413. The molecule has 1 aliphatic rings. The highest BCUT2D eigenvalue weighted by molar-refractivity contribution is 5.27. The van der Waals surface area contributed by atoms with E-state index in [9.17, 15) is 5.21 Å². The molecule has 0 fully saturated rings. The first-order chi connectivity index (χ1) is 5.67. The van der Waals surface area contributed by atoms with E-state index in [-0.39, 0.29) is 0 Å². The lowest BCUT2D eigenvalue weighted by Gasteiger charge is -2.40. The molecule has 2 N–H and O–H groups in total. The number of quaternary nitrogens is 1. The van der Waals surface area contributed by atoms with Crippen LogP contribution in [-0.4, -0.2) is 11.3 Å². The third kappa shape index (κ3) is 1.34. The zero-order chi connectivity index (χ0) is 8.60. The van der Waals surface area contributed by atoms with Crippen LogP contribution in [0, 0.1) is 5.21 Å². The van der Waals surface area contributed by atoms with Gasteiger partial charge in [0.05, 0.1) is 0 Å². The van der Waals surface area contributed by atoms with Gasteiger partial charge in [-0.05, 0) is 5.56 Å². The van der Waals surface area contributed by atoms with Crippen molar-refractivity contribution in [1.29, 1.82) is 0 Å². The first kappa shape index (κ1) is 7.73. The van der Waals surface area contributed by atoms with Gasteiger partial charge < -0.3 is 5.21 Å². The Labute approximate surface area is 71.5 Å². The van der Waals surface area contributed by atoms with Gasteiger partial charge in [-0.3, -0.25) is 4.76 Å². The molecule has 0 saturated carbocycles. The highest BCUT2D eigenvalue weighted by atomic mass is 16.6. The molecular weight excluding hydrogens is 152 g/mol. The zero-order valence-electron chi connectivity index (χ0n) is 6.86. The molecule has 1 aromatic carbocycles. The summed E-state index contributed by atoms with van der Waals surface area (Å²) in [4.78, 5) is 0. The van der Waals surface area contributed by atoms with Crippen molar-refractivity contribution in [2.24, 2.45) is 5.84 Å². The van der Waals surface area contributed by atoms with E-state index in [1.807, 2.05) is 18.2 Å². The van der Waals surface area contributed by atoms with Gasteiger partial charge >= 0.3 is 0 Å². The maximum Gasteiger partial charge on any atom is 0.122 e. The first-order valence-corrected chi connectivity index (χ1v) is 4.11. The third-order valence-corrected chi connectivity index (χ3v) is 2.32. The summed E-state index contributed by atoms with van der Waals surface area (Å²) in [5, 5.41) is 11.4. The van der Waals surface area contributed by atoms with Gasteiger partial charge in [0.15, 0.2) is 0 Å². The molecule has 1 atom stereocenters. The van der Waals surface area contributed by atoms with Crippen LogP contribution in [0.1, 0.15) is 11.1 Å². The van der Waals surface area contributed by atoms with E-state index in [2.05, 4.69) is 6.07 Å². The number of nitrogens with two attached hydrogens (primary N) is 1. The molecule has 3 nitrogen and oxygen atoms in total. The summed E-state index contributed by atoms with van der Waals surface area (Å²) in [5.41, 5.74) is 2.37. The molecule has 1 unspecified atom stereocenters. The Bertz CT molecular complexity index is 296. The molecule has 1 aromatic rings. The number of hydrogen-bond acceptors (Lipinski definition) is 2. The van der Waals surface area contributed by atoms with E-state index in [1.165, 1.54) is 5.56 Å². The van der Waals surface area contributed by atoms with Gasteiger partial charge in [-0.2, -0.15) is 5.84 Å². The molecule has 3 heteroatoms. The predicted molar refractivity (Wildman–Crippen MR) is 46.5 cm³/mol. The lowest BCUT2D eigenvalue weighted by Crippen LogP contribution is -2.51. The molecule has 12 heavy (non-hydrogen) atoms. The van der Waals surface area contributed by atoms with E-state index >= 15 is 0 Å². The van der Waals surface area contributed by atoms with Gasteiger partial charge in [0.2, 0.25) is 0 Å². The van der Waals surface area contributed by atoms with Crippen molar-refractivity contribution in [3.63, 3.8) is 0 Å². The average molecular weight is 164 g/mol. The monoisotopic (exact) mass is 164 g/mol. The Kier molecular flexibility index (Phi) is 1.65. The minimum atomic E-state index is -0.614. The third-order valence-electron chi connectivity index (χ3n) is 2.32. The molecule has 1 heterocycles. The Hall–Kier alpha value is -0.900. The number of nitrogens with zero attached hydrogens (tertiary/aromatic N) is 1. The van der Waals surface area contributed by atoms with E-state index in [4.69, 9.17) is 5.84 Å². The SMILES string of the molecule is N[N+]1([O-])CCc2ccccc2C1. The number of fused-ring (bicyclic) bond motifs is 1. The van der Waals surface area contributed by atoms with Gasteiger partial charge in [-0.25, -0.2) is 0 Å². The van der Waals surface area contributed by atoms with Crippen molar-refractivity contribution in [3.05, 3.63) is 40.6 Å². The summed E-state index contributed by atoms with van der Waals surface area (Å²) in [5.74, 6) is 5.47. The lowest BCUT2D eigenvalue weighted by atomic mass is 10.0. The largest absolute Gasteiger partial charge is 0.611 e. The second-order valence-electron chi connectivity index (χ2n) is 3.35. The van der Waals surface area contributed by atoms with E-state index in [0.29, 0.717) is 13.1 Å². The standard InChI is InChI=1S/C9H12N2O/c10-11(12)6-5-8-3-1-2-4-9(8)7-11/h1-4H,5-7,10H2. The van der Waals surface area contributed by atoms with Gasteiger partial charge in [-0.1, -0.05) is 24.3 Å². The summed E-state index contributed by atoms with van der Waals surface area (Å²) < 4.78 is -0.614. The van der Waals surface area contributed by atoms with Crippen LogP contribution in [0.4, 0.5) is 0 Å². The predicted octanol–water partition coefficient (Wildman–Crippen LogP) is 0.931. The van der Waals surface area contributed by atoms with Crippen molar-refractivity contribution < 1.29 is 4.76 Å². The van der Waals surface area contributed by atoms with Crippen LogP contribution in [0.25, 0.3) is 0 Å². The van der Waals surface area contributed by atoms with Crippen molar-refractivity contribution in [3.8, 4) is 0 Å². The molecule has 0 aromatic heterocycles. The van der Waals surface area contributed by atoms with Gasteiger partial charge in [0.1, 0.15) is 13.1 Å². The summed E-state index contributed by atoms with van der Waals surface area (Å²) in [6, 6.07) is 7.99. The minimum Gasteiger partial charge on any atom is -0.611 e. The van der Waals surface area contributed by atoms with Crippen LogP contribution in [0.5, 0.6) is 0 Å². The number of rotatable bonds is 0. The fourth-order valence-corrected chi connectivity index (χ4v) is 1.63. The smallest absolute Gasteiger partial charge is 0.122 e. The fraction of sp³-hybridized carbons (Fsp3) is 0.333. The van der Waals surface area contributed by atoms with E-state index in [0.717, 1.165) is 12.0 Å². The molecule has 0 aliphatic carbocycles. The summed E-state index contributed by atoms with van der Waals surface area (Å²) in [6.45, 7) is 0.910. The molecule has 0 saturated heterocycles. The average Bonchev–Trinajstić information content (AvgIpc) is 2.02. The van der Waals surface area contributed by atoms with E-state index < -0.39 is 4.76 Å². The highest BCUT2D eigenvalue weighted by Gasteiger charge is 2.20. The Balaban J connectivity index is 2.35. The summed E-state index contributed by atoms with van der Waals surface area (Å²) in [6.07, 6.45) is 0.802. The van der Waals surface area contributed by atoms with Gasteiger partial charge in [0.25, 0.3) is 0 Å². The topological polar surface area (TPSA) is 49.1 Å². The van der Waals surface area contributed by atoms with Crippen molar-refractivity contribution in [1.82, 2.24) is 0 Å². The van der Waals surface area contributed by atoms with Gasteiger partial charge in [-0.15, -0.1) is 0 Å². The molecule has 0 bridgehead atoms. The lowest BCUT2D eigenvalue weighted by molar-refractivity contribution is -0.907. The molecule has 64 valence electrons. The quantitative estimate of drug-likeness (QED) is 0.352. The molecule has 0 spiro atoms. The summed E-state index contributed by atoms with van der Waals surface area (Å²) >= 11 is 0.